The third-order valence-electron chi connectivity index (χ3n) is 3.00. The molecule has 1 aromatic rings. The number of benzene rings is 1. The molecule has 0 heterocycles. The largest absolute Gasteiger partial charge is 0.481 e. The number of rotatable bonds is 8. The van der Waals surface area contributed by atoms with Crippen LogP contribution in [0.5, 0.6) is 0 Å². The molecule has 19 heavy (non-hydrogen) atoms. The number of carboxylic acids is 1. The Balaban J connectivity index is 2.70. The number of carbonyl (C=O) groups is 1. The van der Waals surface area contributed by atoms with Crippen LogP contribution in [0, 0.1) is 0 Å². The molecule has 2 nitrogen and oxygen atoms in total. The van der Waals surface area contributed by atoms with E-state index in [0.29, 0.717) is 6.42 Å². The van der Waals surface area contributed by atoms with Crippen molar-refractivity contribution in [3.8, 4) is 0 Å². The summed E-state index contributed by atoms with van der Waals surface area (Å²) in [5, 5.41) is 9.43. The molecular weight excluding hydrogens is 260 g/mol. The van der Waals surface area contributed by atoms with Gasteiger partial charge in [-0.05, 0) is 42.5 Å². The van der Waals surface area contributed by atoms with Gasteiger partial charge in [-0.15, -0.1) is 0 Å². The van der Waals surface area contributed by atoms with Crippen LogP contribution in [0.4, 0.5) is 0 Å². The molecule has 0 spiro atoms. The maximum atomic E-state index is 10.6. The summed E-state index contributed by atoms with van der Waals surface area (Å²) >= 11 is 5.89. The lowest BCUT2D eigenvalue weighted by molar-refractivity contribution is -0.137. The van der Waals surface area contributed by atoms with Gasteiger partial charge in [0.05, 0.1) is 0 Å². The van der Waals surface area contributed by atoms with Crippen LogP contribution in [0.25, 0.3) is 5.57 Å². The minimum atomic E-state index is -0.732. The average molecular weight is 281 g/mol. The van der Waals surface area contributed by atoms with E-state index in [1.54, 1.807) is 0 Å². The molecule has 3 heteroatoms. The lowest BCUT2D eigenvalue weighted by Gasteiger charge is -2.08. The van der Waals surface area contributed by atoms with E-state index in [1.807, 2.05) is 24.3 Å². The van der Waals surface area contributed by atoms with Crippen LogP contribution in [-0.4, -0.2) is 11.1 Å². The Labute approximate surface area is 120 Å². The van der Waals surface area contributed by atoms with E-state index in [-0.39, 0.29) is 6.42 Å². The lowest BCUT2D eigenvalue weighted by atomic mass is 9.98. The van der Waals surface area contributed by atoms with Crippen molar-refractivity contribution in [3.63, 3.8) is 0 Å². The molecule has 0 aliphatic rings. The molecule has 1 rings (SSSR count). The summed E-state index contributed by atoms with van der Waals surface area (Å²) in [6, 6.07) is 7.76. The quantitative estimate of drug-likeness (QED) is 0.667. The second-order valence-corrected chi connectivity index (χ2v) is 5.06. The first-order valence-electron chi connectivity index (χ1n) is 6.80. The van der Waals surface area contributed by atoms with Crippen LogP contribution in [0.2, 0.25) is 5.02 Å². The first-order chi connectivity index (χ1) is 9.13. The van der Waals surface area contributed by atoms with Crippen molar-refractivity contribution in [1.29, 1.82) is 0 Å². The van der Waals surface area contributed by atoms with Gasteiger partial charge >= 0.3 is 5.97 Å². The number of halogens is 1. The first kappa shape index (κ1) is 15.8. The minimum Gasteiger partial charge on any atom is -0.481 e. The van der Waals surface area contributed by atoms with Gasteiger partial charge in [0.2, 0.25) is 0 Å². The van der Waals surface area contributed by atoms with E-state index in [9.17, 15) is 4.79 Å². The highest BCUT2D eigenvalue weighted by atomic mass is 35.5. The van der Waals surface area contributed by atoms with E-state index in [1.165, 1.54) is 12.0 Å². The molecule has 0 saturated carbocycles. The highest BCUT2D eigenvalue weighted by Gasteiger charge is 2.04. The monoisotopic (exact) mass is 280 g/mol. The minimum absolute atomic E-state index is 0.221. The molecular formula is C16H21ClO2. The molecule has 1 N–H and O–H groups in total. The SMILES string of the molecule is CCCC/C=C(/CCCC(=O)O)c1ccc(Cl)cc1. The molecule has 0 radical (unpaired) electrons. The second kappa shape index (κ2) is 8.76. The second-order valence-electron chi connectivity index (χ2n) is 4.63. The fourth-order valence-electron chi connectivity index (χ4n) is 1.94. The molecule has 104 valence electrons. The highest BCUT2D eigenvalue weighted by molar-refractivity contribution is 6.30. The molecule has 0 bridgehead atoms. The maximum Gasteiger partial charge on any atom is 0.303 e. The molecule has 0 aromatic heterocycles. The lowest BCUT2D eigenvalue weighted by Crippen LogP contribution is -1.95. The van der Waals surface area contributed by atoms with Crippen molar-refractivity contribution in [2.75, 3.05) is 0 Å². The van der Waals surface area contributed by atoms with Crippen molar-refractivity contribution < 1.29 is 9.90 Å². The molecule has 0 fully saturated rings. The third kappa shape index (κ3) is 6.44. The highest BCUT2D eigenvalue weighted by Crippen LogP contribution is 2.23. The summed E-state index contributed by atoms with van der Waals surface area (Å²) in [5.41, 5.74) is 2.37. The van der Waals surface area contributed by atoms with Crippen LogP contribution < -0.4 is 0 Å². The summed E-state index contributed by atoms with van der Waals surface area (Å²) in [6.45, 7) is 2.17. The van der Waals surface area contributed by atoms with Gasteiger partial charge in [0.25, 0.3) is 0 Å². The van der Waals surface area contributed by atoms with Gasteiger partial charge in [-0.3, -0.25) is 4.79 Å². The Bertz CT molecular complexity index is 421. The number of hydrogen-bond donors (Lipinski definition) is 1. The van der Waals surface area contributed by atoms with Crippen molar-refractivity contribution in [3.05, 3.63) is 40.9 Å². The van der Waals surface area contributed by atoms with Gasteiger partial charge in [0.15, 0.2) is 0 Å². The summed E-state index contributed by atoms with van der Waals surface area (Å²) < 4.78 is 0. The Morgan fingerprint density at radius 1 is 1.21 bits per heavy atom. The fourth-order valence-corrected chi connectivity index (χ4v) is 2.06. The molecule has 0 unspecified atom stereocenters. The third-order valence-corrected chi connectivity index (χ3v) is 3.25. The normalized spacial score (nSPS) is 11.6. The fraction of sp³-hybridized carbons (Fsp3) is 0.438. The van der Waals surface area contributed by atoms with Crippen LogP contribution in [-0.2, 0) is 4.79 Å². The molecule has 0 saturated heterocycles. The Kier molecular flexibility index (Phi) is 7.27. The maximum absolute atomic E-state index is 10.6. The summed E-state index contributed by atoms with van der Waals surface area (Å²) in [4.78, 5) is 10.6. The van der Waals surface area contributed by atoms with Crippen molar-refractivity contribution >= 4 is 23.1 Å². The van der Waals surface area contributed by atoms with E-state index in [4.69, 9.17) is 16.7 Å². The topological polar surface area (TPSA) is 37.3 Å². The Morgan fingerprint density at radius 3 is 2.47 bits per heavy atom. The Morgan fingerprint density at radius 2 is 1.89 bits per heavy atom. The van der Waals surface area contributed by atoms with Gasteiger partial charge in [0.1, 0.15) is 0 Å². The number of carboxylic acid groups (broad SMARTS) is 1. The van der Waals surface area contributed by atoms with Crippen LogP contribution in [0.15, 0.2) is 30.3 Å². The van der Waals surface area contributed by atoms with E-state index < -0.39 is 5.97 Å². The molecule has 0 atom stereocenters. The first-order valence-corrected chi connectivity index (χ1v) is 7.18. The Hall–Kier alpha value is -1.28. The zero-order chi connectivity index (χ0) is 14.1. The van der Waals surface area contributed by atoms with Gasteiger partial charge in [-0.1, -0.05) is 49.6 Å². The summed E-state index contributed by atoms with van der Waals surface area (Å²) in [7, 11) is 0. The smallest absolute Gasteiger partial charge is 0.303 e. The van der Waals surface area contributed by atoms with Crippen LogP contribution in [0.1, 0.15) is 51.0 Å². The molecule has 0 aliphatic carbocycles. The summed E-state index contributed by atoms with van der Waals surface area (Å²) in [5.74, 6) is -0.732. The molecule has 1 aromatic carbocycles. The average Bonchev–Trinajstić information content (AvgIpc) is 2.38. The van der Waals surface area contributed by atoms with Gasteiger partial charge in [-0.2, -0.15) is 0 Å². The van der Waals surface area contributed by atoms with Gasteiger partial charge < -0.3 is 5.11 Å². The van der Waals surface area contributed by atoms with Crippen molar-refractivity contribution in [2.45, 2.75) is 45.4 Å². The molecule has 0 aliphatic heterocycles. The zero-order valence-electron chi connectivity index (χ0n) is 11.4. The van der Waals surface area contributed by atoms with Gasteiger partial charge in [-0.25, -0.2) is 0 Å². The summed E-state index contributed by atoms with van der Waals surface area (Å²) in [6.07, 6.45) is 7.30. The van der Waals surface area contributed by atoms with Gasteiger partial charge in [0, 0.05) is 11.4 Å². The number of unbranched alkanes of at least 4 members (excludes halogenated alkanes) is 2. The number of allylic oxidation sites excluding steroid dienone is 2. The zero-order valence-corrected chi connectivity index (χ0v) is 12.1. The van der Waals surface area contributed by atoms with E-state index in [2.05, 4.69) is 13.0 Å². The van der Waals surface area contributed by atoms with Crippen LogP contribution >= 0.6 is 11.6 Å². The van der Waals surface area contributed by atoms with Crippen LogP contribution in [0.3, 0.4) is 0 Å². The van der Waals surface area contributed by atoms with E-state index >= 15 is 0 Å². The number of aliphatic carboxylic acids is 1. The van der Waals surface area contributed by atoms with E-state index in [0.717, 1.165) is 29.8 Å². The predicted octanol–water partition coefficient (Wildman–Crippen LogP) is 5.17. The van der Waals surface area contributed by atoms with Crippen molar-refractivity contribution in [2.24, 2.45) is 0 Å². The standard InChI is InChI=1S/C16H21ClO2/c1-2-3-4-6-13(7-5-8-16(18)19)14-9-11-15(17)12-10-14/h6,9-12H,2-5,7-8H2,1H3,(H,18,19)/b13-6-. The predicted molar refractivity (Wildman–Crippen MR) is 80.4 cm³/mol. The van der Waals surface area contributed by atoms with Crippen molar-refractivity contribution in [1.82, 2.24) is 0 Å². The molecule has 0 amide bonds. The number of hydrogen-bond acceptors (Lipinski definition) is 1.